The van der Waals surface area contributed by atoms with E-state index in [0.29, 0.717) is 11.7 Å². The number of hydrogen-bond donors (Lipinski definition) is 1. The highest BCUT2D eigenvalue weighted by Gasteiger charge is 2.34. The monoisotopic (exact) mass is 260 g/mol. The van der Waals surface area contributed by atoms with Gasteiger partial charge in [-0.15, -0.1) is 0 Å². The molecule has 4 nitrogen and oxygen atoms in total. The van der Waals surface area contributed by atoms with E-state index in [2.05, 4.69) is 22.2 Å². The van der Waals surface area contributed by atoms with Crippen LogP contribution in [0.2, 0.25) is 0 Å². The van der Waals surface area contributed by atoms with E-state index in [4.69, 9.17) is 0 Å². The Morgan fingerprint density at radius 1 is 1.39 bits per heavy atom. The van der Waals surface area contributed by atoms with Crippen LogP contribution in [0.15, 0.2) is 6.07 Å². The molecule has 0 radical (unpaired) electrons. The molecule has 1 atom stereocenters. The maximum absolute atomic E-state index is 12.7. The fourth-order valence-corrected chi connectivity index (χ4v) is 2.00. The molecule has 0 aliphatic carbocycles. The predicted molar refractivity (Wildman–Crippen MR) is 62.6 cm³/mol. The van der Waals surface area contributed by atoms with Gasteiger partial charge in [-0.25, -0.2) is 4.98 Å². The molecule has 1 aliphatic rings. The summed E-state index contributed by atoms with van der Waals surface area (Å²) in [5, 5.41) is 2.57. The van der Waals surface area contributed by atoms with Crippen molar-refractivity contribution in [3.8, 4) is 0 Å². The number of aromatic nitrogens is 2. The average molecular weight is 260 g/mol. The van der Waals surface area contributed by atoms with Crippen molar-refractivity contribution in [3.63, 3.8) is 0 Å². The third kappa shape index (κ3) is 2.65. The molecule has 0 bridgehead atoms. The van der Waals surface area contributed by atoms with Crippen LogP contribution >= 0.6 is 0 Å². The second-order valence-corrected chi connectivity index (χ2v) is 4.52. The van der Waals surface area contributed by atoms with Crippen LogP contribution < -0.4 is 10.2 Å². The topological polar surface area (TPSA) is 41.1 Å². The van der Waals surface area contributed by atoms with E-state index < -0.39 is 11.9 Å². The molecular weight excluding hydrogens is 245 g/mol. The third-order valence-electron chi connectivity index (χ3n) is 2.97. The molecule has 1 fully saturated rings. The molecule has 2 heterocycles. The van der Waals surface area contributed by atoms with Gasteiger partial charge in [0.25, 0.3) is 0 Å². The Hall–Kier alpha value is -1.53. The summed E-state index contributed by atoms with van der Waals surface area (Å²) in [6.45, 7) is 3.54. The lowest BCUT2D eigenvalue weighted by atomic mass is 10.2. The molecule has 2 rings (SSSR count). The van der Waals surface area contributed by atoms with Crippen LogP contribution in [-0.2, 0) is 6.18 Å². The maximum atomic E-state index is 12.7. The van der Waals surface area contributed by atoms with Crippen LogP contribution in [0, 0.1) is 5.92 Å². The summed E-state index contributed by atoms with van der Waals surface area (Å²) in [7, 11) is 1.51. The van der Waals surface area contributed by atoms with Crippen molar-refractivity contribution < 1.29 is 13.2 Å². The van der Waals surface area contributed by atoms with Crippen LogP contribution in [0.1, 0.15) is 19.0 Å². The quantitative estimate of drug-likeness (QED) is 0.886. The fraction of sp³-hybridized carbons (Fsp3) is 0.636. The van der Waals surface area contributed by atoms with Gasteiger partial charge in [0.15, 0.2) is 5.69 Å². The number of nitrogens with zero attached hydrogens (tertiary/aromatic N) is 3. The number of rotatable bonds is 2. The van der Waals surface area contributed by atoms with Crippen molar-refractivity contribution in [3.05, 3.63) is 11.8 Å². The zero-order chi connectivity index (χ0) is 13.3. The average Bonchev–Trinajstić information content (AvgIpc) is 2.74. The predicted octanol–water partition coefficient (Wildman–Crippen LogP) is 2.38. The molecule has 1 aromatic rings. The van der Waals surface area contributed by atoms with E-state index in [1.54, 1.807) is 0 Å². The van der Waals surface area contributed by atoms with Crippen molar-refractivity contribution in [1.29, 1.82) is 0 Å². The van der Waals surface area contributed by atoms with E-state index >= 15 is 0 Å². The summed E-state index contributed by atoms with van der Waals surface area (Å²) in [5.74, 6) is 0.817. The second-order valence-electron chi connectivity index (χ2n) is 4.52. The van der Waals surface area contributed by atoms with Gasteiger partial charge in [0.1, 0.15) is 5.82 Å². The van der Waals surface area contributed by atoms with Crippen LogP contribution in [0.3, 0.4) is 0 Å². The first-order chi connectivity index (χ1) is 8.40. The van der Waals surface area contributed by atoms with Gasteiger partial charge in [0.2, 0.25) is 5.95 Å². The van der Waals surface area contributed by atoms with E-state index in [1.807, 2.05) is 4.90 Å². The van der Waals surface area contributed by atoms with Crippen LogP contribution in [0.25, 0.3) is 0 Å². The molecule has 1 aliphatic heterocycles. The van der Waals surface area contributed by atoms with Crippen LogP contribution in [-0.4, -0.2) is 30.1 Å². The highest BCUT2D eigenvalue weighted by atomic mass is 19.4. The molecule has 7 heteroatoms. The van der Waals surface area contributed by atoms with Gasteiger partial charge >= 0.3 is 6.18 Å². The number of nitrogens with one attached hydrogen (secondary N) is 1. The molecule has 1 saturated heterocycles. The van der Waals surface area contributed by atoms with E-state index in [1.165, 1.54) is 7.05 Å². The molecule has 0 amide bonds. The molecule has 18 heavy (non-hydrogen) atoms. The Bertz CT molecular complexity index is 433. The summed E-state index contributed by atoms with van der Waals surface area (Å²) in [6, 6.07) is 1.01. The number of halogens is 3. The minimum Gasteiger partial charge on any atom is -0.357 e. The minimum atomic E-state index is -4.45. The molecule has 0 spiro atoms. The number of hydrogen-bond acceptors (Lipinski definition) is 4. The van der Waals surface area contributed by atoms with Crippen LogP contribution in [0.4, 0.5) is 24.9 Å². The van der Waals surface area contributed by atoms with Gasteiger partial charge in [-0.2, -0.15) is 18.2 Å². The SMILES string of the molecule is CNc1nc(N2CCC(C)C2)cc(C(F)(F)F)n1. The van der Waals surface area contributed by atoms with Crippen LogP contribution in [0.5, 0.6) is 0 Å². The minimum absolute atomic E-state index is 0.000576. The summed E-state index contributed by atoms with van der Waals surface area (Å²) >= 11 is 0. The molecule has 100 valence electrons. The zero-order valence-corrected chi connectivity index (χ0v) is 10.3. The fourth-order valence-electron chi connectivity index (χ4n) is 2.00. The van der Waals surface area contributed by atoms with Gasteiger partial charge in [-0.3, -0.25) is 0 Å². The van der Waals surface area contributed by atoms with E-state index in [0.717, 1.165) is 25.6 Å². The molecular formula is C11H15F3N4. The van der Waals surface area contributed by atoms with Gasteiger partial charge in [0, 0.05) is 26.2 Å². The summed E-state index contributed by atoms with van der Waals surface area (Å²) in [6.07, 6.45) is -3.48. The third-order valence-corrected chi connectivity index (χ3v) is 2.97. The lowest BCUT2D eigenvalue weighted by Gasteiger charge is -2.19. The van der Waals surface area contributed by atoms with Gasteiger partial charge < -0.3 is 10.2 Å². The molecule has 1 aromatic heterocycles. The Balaban J connectivity index is 2.35. The lowest BCUT2D eigenvalue weighted by Crippen LogP contribution is -2.22. The van der Waals surface area contributed by atoms with Gasteiger partial charge in [-0.1, -0.05) is 6.92 Å². The van der Waals surface area contributed by atoms with Gasteiger partial charge in [0.05, 0.1) is 0 Å². The first-order valence-electron chi connectivity index (χ1n) is 5.79. The Morgan fingerprint density at radius 2 is 2.11 bits per heavy atom. The second kappa shape index (κ2) is 4.62. The normalized spacial score (nSPS) is 20.3. The van der Waals surface area contributed by atoms with Crippen molar-refractivity contribution >= 4 is 11.8 Å². The molecule has 1 unspecified atom stereocenters. The Kier molecular flexibility index (Phi) is 3.32. The zero-order valence-electron chi connectivity index (χ0n) is 10.3. The highest BCUT2D eigenvalue weighted by Crippen LogP contribution is 2.31. The largest absolute Gasteiger partial charge is 0.433 e. The molecule has 1 N–H and O–H groups in total. The molecule has 0 saturated carbocycles. The van der Waals surface area contributed by atoms with Gasteiger partial charge in [-0.05, 0) is 12.3 Å². The Morgan fingerprint density at radius 3 is 2.61 bits per heavy atom. The standard InChI is InChI=1S/C11H15F3N4/c1-7-3-4-18(6-7)9-5-8(11(12,13)14)16-10(15-2)17-9/h5,7H,3-4,6H2,1-2H3,(H,15,16,17). The first kappa shape index (κ1) is 12.9. The van der Waals surface area contributed by atoms with E-state index in [9.17, 15) is 13.2 Å². The van der Waals surface area contributed by atoms with Crippen molar-refractivity contribution in [2.24, 2.45) is 5.92 Å². The summed E-state index contributed by atoms with van der Waals surface area (Å²) in [5.41, 5.74) is -0.906. The van der Waals surface area contributed by atoms with Crippen molar-refractivity contribution in [1.82, 2.24) is 9.97 Å². The van der Waals surface area contributed by atoms with Crippen molar-refractivity contribution in [2.45, 2.75) is 19.5 Å². The van der Waals surface area contributed by atoms with Crippen molar-refractivity contribution in [2.75, 3.05) is 30.4 Å². The summed E-state index contributed by atoms with van der Waals surface area (Å²) in [4.78, 5) is 9.39. The maximum Gasteiger partial charge on any atom is 0.433 e. The number of alkyl halides is 3. The number of anilines is 2. The highest BCUT2D eigenvalue weighted by molar-refractivity contribution is 5.46. The lowest BCUT2D eigenvalue weighted by molar-refractivity contribution is -0.141. The summed E-state index contributed by atoms with van der Waals surface area (Å²) < 4.78 is 38.1. The smallest absolute Gasteiger partial charge is 0.357 e. The molecule has 0 aromatic carbocycles. The Labute approximate surface area is 103 Å². The first-order valence-corrected chi connectivity index (χ1v) is 5.79. The van der Waals surface area contributed by atoms with E-state index in [-0.39, 0.29) is 5.95 Å².